The molecule has 36 heavy (non-hydrogen) atoms. The number of nitrogens with one attached hydrogen (secondary N) is 1. The molecule has 1 aromatic heterocycles. The summed E-state index contributed by atoms with van der Waals surface area (Å²) < 4.78 is 2.18. The lowest BCUT2D eigenvalue weighted by Crippen LogP contribution is -2.35. The van der Waals surface area contributed by atoms with Gasteiger partial charge in [0.25, 0.3) is 5.91 Å². The van der Waals surface area contributed by atoms with Gasteiger partial charge in [-0.25, -0.2) is 0 Å². The number of hydrogen-bond donors (Lipinski definition) is 1. The first-order valence-electron chi connectivity index (χ1n) is 11.7. The van der Waals surface area contributed by atoms with Gasteiger partial charge in [-0.15, -0.1) is 0 Å². The summed E-state index contributed by atoms with van der Waals surface area (Å²) in [6.45, 7) is 4.81. The summed E-state index contributed by atoms with van der Waals surface area (Å²) in [5, 5.41) is 17.1. The average Bonchev–Trinajstić information content (AvgIpc) is 3.45. The van der Waals surface area contributed by atoms with E-state index >= 15 is 0 Å². The zero-order valence-electron chi connectivity index (χ0n) is 19.9. The van der Waals surface area contributed by atoms with E-state index in [1.807, 2.05) is 55.6 Å². The Bertz CT molecular complexity index is 1640. The molecule has 0 bridgehead atoms. The van der Waals surface area contributed by atoms with Crippen LogP contribution in [0.25, 0.3) is 17.0 Å². The van der Waals surface area contributed by atoms with Crippen molar-refractivity contribution in [3.05, 3.63) is 112 Å². The fourth-order valence-electron chi connectivity index (χ4n) is 4.48. The van der Waals surface area contributed by atoms with Crippen molar-refractivity contribution in [3.63, 3.8) is 0 Å². The Morgan fingerprint density at radius 2 is 1.72 bits per heavy atom. The smallest absolute Gasteiger partial charge is 0.283 e. The van der Waals surface area contributed by atoms with Crippen LogP contribution in [0.1, 0.15) is 27.8 Å². The number of carbonyl (C=O) groups excluding carboxylic acids is 1. The fourth-order valence-corrected chi connectivity index (χ4v) is 5.46. The van der Waals surface area contributed by atoms with Gasteiger partial charge in [0.05, 0.1) is 5.57 Å². The Balaban J connectivity index is 1.37. The van der Waals surface area contributed by atoms with Crippen LogP contribution in [0, 0.1) is 19.3 Å². The number of thioether (sulfide) groups is 1. The molecular weight excluding hydrogens is 466 g/mol. The van der Waals surface area contributed by atoms with Gasteiger partial charge in [0.1, 0.15) is 5.04 Å². The molecule has 1 amide bonds. The zero-order valence-corrected chi connectivity index (χ0v) is 20.7. The van der Waals surface area contributed by atoms with E-state index in [1.165, 1.54) is 27.9 Å². The van der Waals surface area contributed by atoms with Crippen molar-refractivity contribution in [3.8, 4) is 0 Å². The highest BCUT2D eigenvalue weighted by molar-refractivity contribution is 8.27. The second-order valence-corrected chi connectivity index (χ2v) is 9.91. The van der Waals surface area contributed by atoms with Gasteiger partial charge < -0.3 is 4.57 Å². The number of hydrazone groups is 1. The molecule has 2 aliphatic heterocycles. The van der Waals surface area contributed by atoms with E-state index in [-0.39, 0.29) is 11.4 Å². The molecule has 6 nitrogen and oxygen atoms in total. The van der Waals surface area contributed by atoms with Crippen molar-refractivity contribution >= 4 is 50.7 Å². The van der Waals surface area contributed by atoms with Crippen LogP contribution in [-0.2, 0) is 11.3 Å². The van der Waals surface area contributed by atoms with Gasteiger partial charge in [0.15, 0.2) is 5.84 Å². The van der Waals surface area contributed by atoms with E-state index in [1.54, 1.807) is 6.08 Å². The predicted molar refractivity (Wildman–Crippen MR) is 148 cm³/mol. The lowest BCUT2D eigenvalue weighted by Gasteiger charge is -2.20. The Morgan fingerprint density at radius 1 is 0.972 bits per heavy atom. The van der Waals surface area contributed by atoms with Gasteiger partial charge >= 0.3 is 0 Å². The Morgan fingerprint density at radius 3 is 2.53 bits per heavy atom. The molecule has 6 rings (SSSR count). The molecule has 0 spiro atoms. The maximum Gasteiger partial charge on any atom is 0.283 e. The monoisotopic (exact) mass is 489 g/mol. The summed E-state index contributed by atoms with van der Waals surface area (Å²) in [6, 6.07) is 24.6. The molecule has 176 valence electrons. The Kier molecular flexibility index (Phi) is 5.42. The summed E-state index contributed by atoms with van der Waals surface area (Å²) in [7, 11) is 0. The fraction of sp³-hybridized carbons (Fsp3) is 0.103. The van der Waals surface area contributed by atoms with Crippen LogP contribution in [0.3, 0.4) is 0 Å². The molecule has 1 N–H and O–H groups in total. The second kappa shape index (κ2) is 8.77. The molecule has 0 aliphatic carbocycles. The van der Waals surface area contributed by atoms with E-state index in [4.69, 9.17) is 5.41 Å². The third-order valence-corrected chi connectivity index (χ3v) is 7.36. The van der Waals surface area contributed by atoms with Crippen LogP contribution in [0.4, 0.5) is 0 Å². The van der Waals surface area contributed by atoms with E-state index < -0.39 is 5.91 Å². The standard InChI is InChI=1S/C29H23N5OS/c1-18-11-13-20(14-12-18)16-33-17-21(23-9-5-6-10-25(23)33)15-24-26(30)34-29(31-27(24)35)36-28(32-34)22-8-4-3-7-19(22)2/h3-15,17,30H,16H2,1-2H3/b24-15-,30-26?. The third-order valence-electron chi connectivity index (χ3n) is 6.42. The molecule has 2 aliphatic rings. The van der Waals surface area contributed by atoms with Gasteiger partial charge in [0.2, 0.25) is 5.17 Å². The molecule has 0 saturated heterocycles. The van der Waals surface area contributed by atoms with Gasteiger partial charge in [-0.2, -0.15) is 15.1 Å². The highest BCUT2D eigenvalue weighted by atomic mass is 32.2. The molecule has 0 fully saturated rings. The van der Waals surface area contributed by atoms with Gasteiger partial charge in [-0.3, -0.25) is 10.2 Å². The maximum absolute atomic E-state index is 13.0. The average molecular weight is 490 g/mol. The number of nitrogens with zero attached hydrogens (tertiary/aromatic N) is 4. The first-order valence-corrected chi connectivity index (χ1v) is 12.5. The number of amidine groups is 2. The minimum Gasteiger partial charge on any atom is -0.342 e. The van der Waals surface area contributed by atoms with E-state index in [0.29, 0.717) is 11.7 Å². The van der Waals surface area contributed by atoms with Crippen molar-refractivity contribution < 1.29 is 4.79 Å². The number of carbonyl (C=O) groups is 1. The van der Waals surface area contributed by atoms with Crippen molar-refractivity contribution in [2.24, 2.45) is 10.1 Å². The van der Waals surface area contributed by atoms with Gasteiger partial charge in [-0.05, 0) is 48.9 Å². The maximum atomic E-state index is 13.0. The lowest BCUT2D eigenvalue weighted by atomic mass is 10.1. The Hall–Kier alpha value is -4.23. The van der Waals surface area contributed by atoms with Gasteiger partial charge in [-0.1, -0.05) is 72.3 Å². The minimum atomic E-state index is -0.421. The van der Waals surface area contributed by atoms with Gasteiger partial charge in [0, 0.05) is 34.8 Å². The van der Waals surface area contributed by atoms with E-state index in [9.17, 15) is 4.79 Å². The van der Waals surface area contributed by atoms with Crippen LogP contribution in [0.5, 0.6) is 0 Å². The van der Waals surface area contributed by atoms with Crippen LogP contribution in [0.2, 0.25) is 0 Å². The van der Waals surface area contributed by atoms with Crippen molar-refractivity contribution in [1.29, 1.82) is 5.41 Å². The van der Waals surface area contributed by atoms with Crippen molar-refractivity contribution in [2.75, 3.05) is 0 Å². The highest BCUT2D eigenvalue weighted by Crippen LogP contribution is 2.33. The second-order valence-electron chi connectivity index (χ2n) is 8.96. The number of aryl methyl sites for hydroxylation is 2. The molecule has 0 unspecified atom stereocenters. The van der Waals surface area contributed by atoms with E-state index in [2.05, 4.69) is 51.9 Å². The number of amides is 1. The van der Waals surface area contributed by atoms with Crippen LogP contribution in [-0.4, -0.2) is 31.5 Å². The summed E-state index contributed by atoms with van der Waals surface area (Å²) in [4.78, 5) is 17.3. The largest absolute Gasteiger partial charge is 0.342 e. The Labute approximate surface area is 213 Å². The molecule has 0 saturated carbocycles. The SMILES string of the molecule is Cc1ccc(Cn2cc(/C=C3/C(=N)N4N=C(c5ccccc5C)SC4=NC3=O)c3ccccc32)cc1. The summed E-state index contributed by atoms with van der Waals surface area (Å²) in [6.07, 6.45) is 3.81. The molecule has 3 heterocycles. The topological polar surface area (TPSA) is 73.8 Å². The molecule has 0 radical (unpaired) electrons. The molecule has 3 aromatic carbocycles. The van der Waals surface area contributed by atoms with Crippen LogP contribution < -0.4 is 0 Å². The number of hydrogen-bond acceptors (Lipinski definition) is 4. The van der Waals surface area contributed by atoms with Crippen molar-refractivity contribution in [1.82, 2.24) is 9.58 Å². The summed E-state index contributed by atoms with van der Waals surface area (Å²) >= 11 is 1.32. The molecular formula is C29H23N5OS. The highest BCUT2D eigenvalue weighted by Gasteiger charge is 2.36. The predicted octanol–water partition coefficient (Wildman–Crippen LogP) is 5.97. The first kappa shape index (κ1) is 22.2. The van der Waals surface area contributed by atoms with E-state index in [0.717, 1.165) is 32.6 Å². The van der Waals surface area contributed by atoms with Crippen LogP contribution >= 0.6 is 11.8 Å². The summed E-state index contributed by atoms with van der Waals surface area (Å²) in [5.74, 6) is -0.383. The minimum absolute atomic E-state index is 0.0384. The number of aliphatic imine (C=N–C) groups is 1. The number of benzene rings is 3. The van der Waals surface area contributed by atoms with Crippen molar-refractivity contribution in [2.45, 2.75) is 20.4 Å². The summed E-state index contributed by atoms with van der Waals surface area (Å²) in [5.41, 5.74) is 6.66. The van der Waals surface area contributed by atoms with Crippen LogP contribution in [0.15, 0.2) is 94.7 Å². The third kappa shape index (κ3) is 3.87. The lowest BCUT2D eigenvalue weighted by molar-refractivity contribution is -0.114. The molecule has 4 aromatic rings. The quantitative estimate of drug-likeness (QED) is 0.359. The number of fused-ring (bicyclic) bond motifs is 2. The molecule has 7 heteroatoms. The normalized spacial score (nSPS) is 16.5. The zero-order chi connectivity index (χ0) is 24.8. The number of rotatable bonds is 4. The number of aromatic nitrogens is 1. The molecule has 0 atom stereocenters. The first-order chi connectivity index (χ1) is 17.5. The number of para-hydroxylation sites is 1.